The summed E-state index contributed by atoms with van der Waals surface area (Å²) >= 11 is 2.30. The smallest absolute Gasteiger partial charge is 0.411 e. The summed E-state index contributed by atoms with van der Waals surface area (Å²) in [6, 6.07) is -0.527. The lowest BCUT2D eigenvalue weighted by atomic mass is 10.0. The van der Waals surface area contributed by atoms with Crippen LogP contribution in [0.5, 0.6) is 0 Å². The van der Waals surface area contributed by atoms with Gasteiger partial charge in [0.2, 0.25) is 0 Å². The predicted octanol–water partition coefficient (Wildman–Crippen LogP) is 2.36. The highest BCUT2D eigenvalue weighted by Crippen LogP contribution is 2.26. The molecular weight excluding hydrogens is 349 g/mol. The fourth-order valence-electron chi connectivity index (χ4n) is 1.82. The van der Waals surface area contributed by atoms with Gasteiger partial charge in [0, 0.05) is 10.5 Å². The maximum Gasteiger partial charge on any atom is 0.411 e. The molecule has 1 heterocycles. The van der Waals surface area contributed by atoms with E-state index in [1.54, 1.807) is 0 Å². The van der Waals surface area contributed by atoms with E-state index in [1.165, 1.54) is 12.0 Å². The SMILES string of the molecule is COC(=O)C1CC(I)CCN1C(=O)OC(C)(C)C. The lowest BCUT2D eigenvalue weighted by Gasteiger charge is -2.36. The number of esters is 1. The molecule has 1 fully saturated rings. The molecule has 0 radical (unpaired) electrons. The Bertz CT molecular complexity index is 327. The number of ether oxygens (including phenoxy) is 2. The van der Waals surface area contributed by atoms with Gasteiger partial charge < -0.3 is 9.47 Å². The van der Waals surface area contributed by atoms with Crippen LogP contribution in [0.4, 0.5) is 4.79 Å². The number of rotatable bonds is 1. The maximum absolute atomic E-state index is 12.0. The zero-order chi connectivity index (χ0) is 13.9. The monoisotopic (exact) mass is 369 g/mol. The summed E-state index contributed by atoms with van der Waals surface area (Å²) in [4.78, 5) is 25.2. The average Bonchev–Trinajstić information content (AvgIpc) is 2.25. The molecule has 2 unspecified atom stereocenters. The van der Waals surface area contributed by atoms with E-state index in [0.29, 0.717) is 16.9 Å². The van der Waals surface area contributed by atoms with E-state index in [0.717, 1.165) is 6.42 Å². The Balaban J connectivity index is 2.77. The van der Waals surface area contributed by atoms with E-state index in [2.05, 4.69) is 22.6 Å². The van der Waals surface area contributed by atoms with E-state index in [4.69, 9.17) is 9.47 Å². The second-order valence-corrected chi connectivity index (χ2v) is 7.10. The van der Waals surface area contributed by atoms with Crippen molar-refractivity contribution >= 4 is 34.7 Å². The number of likely N-dealkylation sites (tertiary alicyclic amines) is 1. The summed E-state index contributed by atoms with van der Waals surface area (Å²) in [7, 11) is 1.34. The largest absolute Gasteiger partial charge is 0.467 e. The highest BCUT2D eigenvalue weighted by Gasteiger charge is 2.38. The number of hydrogen-bond donors (Lipinski definition) is 0. The standard InChI is InChI=1S/C12H20INO4/c1-12(2,3)18-11(16)14-6-5-8(13)7-9(14)10(15)17-4/h8-9H,5-7H2,1-4H3. The third-order valence-electron chi connectivity index (χ3n) is 2.64. The predicted molar refractivity (Wildman–Crippen MR) is 75.8 cm³/mol. The fraction of sp³-hybridized carbons (Fsp3) is 0.833. The first-order valence-corrected chi connectivity index (χ1v) is 7.20. The fourth-order valence-corrected chi connectivity index (χ4v) is 2.58. The summed E-state index contributed by atoms with van der Waals surface area (Å²) in [5, 5.41) is 0. The molecule has 0 aromatic carbocycles. The van der Waals surface area contributed by atoms with E-state index >= 15 is 0 Å². The van der Waals surface area contributed by atoms with Crippen LogP contribution in [0.1, 0.15) is 33.6 Å². The van der Waals surface area contributed by atoms with E-state index in [9.17, 15) is 9.59 Å². The van der Waals surface area contributed by atoms with Gasteiger partial charge in [-0.15, -0.1) is 0 Å². The maximum atomic E-state index is 12.0. The molecule has 0 aromatic heterocycles. The van der Waals surface area contributed by atoms with Crippen LogP contribution in [-0.4, -0.2) is 46.2 Å². The Morgan fingerprint density at radius 3 is 2.44 bits per heavy atom. The van der Waals surface area contributed by atoms with Crippen LogP contribution in [0.3, 0.4) is 0 Å². The van der Waals surface area contributed by atoms with Crippen molar-refractivity contribution < 1.29 is 19.1 Å². The van der Waals surface area contributed by atoms with Crippen molar-refractivity contribution in [1.82, 2.24) is 4.90 Å². The average molecular weight is 369 g/mol. The van der Waals surface area contributed by atoms with Crippen molar-refractivity contribution in [2.75, 3.05) is 13.7 Å². The molecule has 0 aromatic rings. The Kier molecular flexibility index (Phi) is 5.24. The zero-order valence-corrected chi connectivity index (χ0v) is 13.4. The molecule has 0 N–H and O–H groups in total. The normalized spacial score (nSPS) is 24.6. The van der Waals surface area contributed by atoms with E-state index < -0.39 is 17.7 Å². The molecule has 104 valence electrons. The van der Waals surface area contributed by atoms with Gasteiger partial charge in [-0.2, -0.15) is 0 Å². The molecule has 1 aliphatic rings. The first-order valence-electron chi connectivity index (χ1n) is 5.96. The number of amides is 1. The second kappa shape index (κ2) is 6.08. The minimum absolute atomic E-state index is 0.373. The topological polar surface area (TPSA) is 55.8 Å². The van der Waals surface area contributed by atoms with Gasteiger partial charge in [0.15, 0.2) is 0 Å². The number of hydrogen-bond acceptors (Lipinski definition) is 4. The molecule has 0 saturated carbocycles. The molecule has 0 aliphatic carbocycles. The minimum Gasteiger partial charge on any atom is -0.467 e. The van der Waals surface area contributed by atoms with E-state index in [-0.39, 0.29) is 5.97 Å². The lowest BCUT2D eigenvalue weighted by Crippen LogP contribution is -2.52. The first-order chi connectivity index (χ1) is 8.24. The number of methoxy groups -OCH3 is 1. The number of carbonyl (C=O) groups is 2. The lowest BCUT2D eigenvalue weighted by molar-refractivity contribution is -0.147. The quantitative estimate of drug-likeness (QED) is 0.405. The number of carbonyl (C=O) groups excluding carboxylic acids is 2. The molecule has 18 heavy (non-hydrogen) atoms. The number of halogens is 1. The molecule has 2 atom stereocenters. The summed E-state index contributed by atoms with van der Waals surface area (Å²) in [6.45, 7) is 5.96. The first kappa shape index (κ1) is 15.5. The van der Waals surface area contributed by atoms with Gasteiger partial charge in [-0.05, 0) is 33.6 Å². The molecule has 1 amide bonds. The van der Waals surface area contributed by atoms with Crippen LogP contribution in [0.2, 0.25) is 0 Å². The Morgan fingerprint density at radius 1 is 1.33 bits per heavy atom. The van der Waals surface area contributed by atoms with Gasteiger partial charge in [0.1, 0.15) is 11.6 Å². The third kappa shape index (κ3) is 4.29. The van der Waals surface area contributed by atoms with Crippen LogP contribution >= 0.6 is 22.6 Å². The number of piperidine rings is 1. The Labute approximate surface area is 121 Å². The molecular formula is C12H20INO4. The zero-order valence-electron chi connectivity index (χ0n) is 11.2. The van der Waals surface area contributed by atoms with Crippen LogP contribution in [-0.2, 0) is 14.3 Å². The van der Waals surface area contributed by atoms with Crippen molar-refractivity contribution in [3.05, 3.63) is 0 Å². The van der Waals surface area contributed by atoms with Crippen molar-refractivity contribution in [2.45, 2.75) is 49.2 Å². The number of nitrogens with zero attached hydrogens (tertiary/aromatic N) is 1. The van der Waals surface area contributed by atoms with Crippen LogP contribution in [0.25, 0.3) is 0 Å². The highest BCUT2D eigenvalue weighted by atomic mass is 127. The summed E-state index contributed by atoms with van der Waals surface area (Å²) in [5.74, 6) is -0.373. The molecule has 5 nitrogen and oxygen atoms in total. The van der Waals surface area contributed by atoms with Crippen molar-refractivity contribution in [2.24, 2.45) is 0 Å². The van der Waals surface area contributed by atoms with Crippen molar-refractivity contribution in [3.63, 3.8) is 0 Å². The van der Waals surface area contributed by atoms with Gasteiger partial charge in [0.25, 0.3) is 0 Å². The van der Waals surface area contributed by atoms with Crippen LogP contribution < -0.4 is 0 Å². The van der Waals surface area contributed by atoms with Crippen LogP contribution in [0, 0.1) is 0 Å². The summed E-state index contributed by atoms with van der Waals surface area (Å²) in [6.07, 6.45) is 1.04. The molecule has 1 rings (SSSR count). The van der Waals surface area contributed by atoms with E-state index in [1.807, 2.05) is 20.8 Å². The summed E-state index contributed by atoms with van der Waals surface area (Å²) < 4.78 is 10.5. The Hall–Kier alpha value is -0.530. The molecule has 1 aliphatic heterocycles. The molecule has 1 saturated heterocycles. The summed E-state index contributed by atoms with van der Waals surface area (Å²) in [5.41, 5.74) is -0.557. The van der Waals surface area contributed by atoms with Crippen molar-refractivity contribution in [1.29, 1.82) is 0 Å². The Morgan fingerprint density at radius 2 is 1.94 bits per heavy atom. The number of alkyl halides is 1. The third-order valence-corrected chi connectivity index (χ3v) is 3.77. The van der Waals surface area contributed by atoms with Gasteiger partial charge in [0.05, 0.1) is 7.11 Å². The van der Waals surface area contributed by atoms with Gasteiger partial charge in [-0.25, -0.2) is 9.59 Å². The molecule has 6 heteroatoms. The highest BCUT2D eigenvalue weighted by molar-refractivity contribution is 14.1. The molecule has 0 spiro atoms. The molecule has 0 bridgehead atoms. The van der Waals surface area contributed by atoms with Gasteiger partial charge >= 0.3 is 12.1 Å². The second-order valence-electron chi connectivity index (χ2n) is 5.33. The van der Waals surface area contributed by atoms with Gasteiger partial charge in [-0.1, -0.05) is 22.6 Å². The minimum atomic E-state index is -0.557. The van der Waals surface area contributed by atoms with Gasteiger partial charge in [-0.3, -0.25) is 4.90 Å². The van der Waals surface area contributed by atoms with Crippen LogP contribution in [0.15, 0.2) is 0 Å². The van der Waals surface area contributed by atoms with Crippen molar-refractivity contribution in [3.8, 4) is 0 Å².